The Labute approximate surface area is 335 Å². The van der Waals surface area contributed by atoms with E-state index in [1.807, 2.05) is 0 Å². The quantitative estimate of drug-likeness (QED) is 0.0721. The zero-order valence-electron chi connectivity index (χ0n) is 24.7. The number of azo groups is 3. The third kappa shape index (κ3) is 12.1. The fraction of sp³-hybridized carbons (Fsp3) is 0. The second-order valence-corrected chi connectivity index (χ2v) is 12.7. The van der Waals surface area contributed by atoms with E-state index in [2.05, 4.69) is 30.7 Å². The molecule has 0 saturated heterocycles. The molecule has 0 spiro atoms. The molecule has 0 fully saturated rings. The maximum Gasteiger partial charge on any atom is 1.00 e. The summed E-state index contributed by atoms with van der Waals surface area (Å²) in [6.45, 7) is 0. The van der Waals surface area contributed by atoms with Crippen molar-refractivity contribution >= 4 is 75.9 Å². The SMILES string of the molecule is Nc1cc(N)c(N=Nc2ccc(S(=O)(=O)[O-])cc2N=Nc2ccc(S(=O)(=O)[O-])cc2)cc1N=Nc1ccc(S(=O)(=O)[O-])cc1.[Na+].[Na+].[Na+]. The van der Waals surface area contributed by atoms with Crippen LogP contribution >= 0.6 is 0 Å². The summed E-state index contributed by atoms with van der Waals surface area (Å²) in [5.41, 5.74) is 12.2. The number of nitrogens with zero attached hydrogens (tertiary/aromatic N) is 6. The Morgan fingerprint density at radius 2 is 0.745 bits per heavy atom. The third-order valence-corrected chi connectivity index (χ3v) is 8.00. The summed E-state index contributed by atoms with van der Waals surface area (Å²) in [5, 5.41) is 23.7. The summed E-state index contributed by atoms with van der Waals surface area (Å²) in [7, 11) is -14.2. The summed E-state index contributed by atoms with van der Waals surface area (Å²) < 4.78 is 101. The average Bonchev–Trinajstić information content (AvgIpc) is 2.94. The molecule has 4 aromatic carbocycles. The molecule has 228 valence electrons. The standard InChI is InChI=1S/C24H20N8O9S3.3Na/c25-19-12-20(26)23(13-22(19)30-27-14-1-5-16(6-2-14)42(33,34)35)31-29-21-10-9-18(44(39,40)41)11-24(21)32-28-15-3-7-17(8-4-15)43(36,37)38;;;/h1-13H,25-26H2,(H,33,34,35)(H,36,37,38)(H,39,40,41);;;/q;3*+1/p-3. The maximum absolute atomic E-state index is 11.6. The van der Waals surface area contributed by atoms with Crippen LogP contribution < -0.4 is 100 Å². The van der Waals surface area contributed by atoms with E-state index in [0.717, 1.165) is 42.5 Å². The van der Waals surface area contributed by atoms with Gasteiger partial charge in [-0.15, -0.1) is 20.5 Å². The van der Waals surface area contributed by atoms with Gasteiger partial charge in [-0.2, -0.15) is 10.2 Å². The van der Waals surface area contributed by atoms with E-state index in [0.29, 0.717) is 0 Å². The van der Waals surface area contributed by atoms with Crippen LogP contribution in [0.5, 0.6) is 0 Å². The molecule has 0 heterocycles. The molecule has 23 heteroatoms. The van der Waals surface area contributed by atoms with Gasteiger partial charge in [0, 0.05) is 0 Å². The molecule has 0 radical (unpaired) electrons. The first-order valence-corrected chi connectivity index (χ1v) is 15.9. The van der Waals surface area contributed by atoms with Crippen molar-refractivity contribution in [2.24, 2.45) is 30.7 Å². The number of anilines is 2. The summed E-state index contributed by atoms with van der Waals surface area (Å²) in [6.07, 6.45) is 0. The van der Waals surface area contributed by atoms with E-state index in [9.17, 15) is 38.9 Å². The van der Waals surface area contributed by atoms with E-state index in [-0.39, 0.29) is 134 Å². The van der Waals surface area contributed by atoms with Gasteiger partial charge < -0.3 is 25.1 Å². The largest absolute Gasteiger partial charge is 1.00 e. The summed E-state index contributed by atoms with van der Waals surface area (Å²) in [5.74, 6) is 0. The Kier molecular flexibility index (Phi) is 16.1. The predicted octanol–water partition coefficient (Wildman–Crippen LogP) is -4.18. The van der Waals surface area contributed by atoms with Gasteiger partial charge in [0.05, 0.1) is 37.4 Å². The van der Waals surface area contributed by atoms with E-state index in [4.69, 9.17) is 11.5 Å². The number of nitrogens with two attached hydrogens (primary N) is 2. The monoisotopic (exact) mass is 726 g/mol. The molecular weight excluding hydrogens is 709 g/mol. The average molecular weight is 727 g/mol. The van der Waals surface area contributed by atoms with Gasteiger partial charge in [-0.1, -0.05) is 0 Å². The second-order valence-electron chi connectivity index (χ2n) is 8.57. The fourth-order valence-corrected chi connectivity index (χ4v) is 4.73. The van der Waals surface area contributed by atoms with Crippen LogP contribution in [-0.2, 0) is 30.4 Å². The smallest absolute Gasteiger partial charge is 0.744 e. The molecular formula is C24H17N8Na3O9S3. The van der Waals surface area contributed by atoms with Gasteiger partial charge in [0.2, 0.25) is 0 Å². The zero-order chi connectivity index (χ0) is 32.3. The van der Waals surface area contributed by atoms with Gasteiger partial charge in [-0.3, -0.25) is 0 Å². The van der Waals surface area contributed by atoms with Gasteiger partial charge in [-0.05, 0) is 78.9 Å². The zero-order valence-corrected chi connectivity index (χ0v) is 33.2. The van der Waals surface area contributed by atoms with Crippen LogP contribution in [0.3, 0.4) is 0 Å². The molecule has 17 nitrogen and oxygen atoms in total. The number of hydrogen-bond acceptors (Lipinski definition) is 17. The van der Waals surface area contributed by atoms with Crippen molar-refractivity contribution in [3.8, 4) is 0 Å². The van der Waals surface area contributed by atoms with Crippen LogP contribution in [-0.4, -0.2) is 38.9 Å². The first-order valence-electron chi connectivity index (χ1n) is 11.7. The van der Waals surface area contributed by atoms with Crippen molar-refractivity contribution < 1.29 is 128 Å². The van der Waals surface area contributed by atoms with Crippen molar-refractivity contribution in [2.45, 2.75) is 14.7 Å². The van der Waals surface area contributed by atoms with Crippen LogP contribution in [0.25, 0.3) is 0 Å². The molecule has 4 N–H and O–H groups in total. The molecule has 4 rings (SSSR count). The maximum atomic E-state index is 11.6. The van der Waals surface area contributed by atoms with Gasteiger partial charge in [0.25, 0.3) is 0 Å². The molecule has 0 amide bonds. The number of hydrogen-bond donors (Lipinski definition) is 2. The first kappa shape index (κ1) is 43.0. The fourth-order valence-electron chi connectivity index (χ4n) is 3.30. The first-order chi connectivity index (χ1) is 20.5. The summed E-state index contributed by atoms with van der Waals surface area (Å²) >= 11 is 0. The van der Waals surface area contributed by atoms with E-state index in [1.54, 1.807) is 0 Å². The van der Waals surface area contributed by atoms with E-state index in [1.165, 1.54) is 36.4 Å². The summed E-state index contributed by atoms with van der Waals surface area (Å²) in [6, 6.07) is 14.6. The Morgan fingerprint density at radius 1 is 0.404 bits per heavy atom. The number of benzene rings is 4. The molecule has 0 bridgehead atoms. The Balaban J connectivity index is 0.00000368. The predicted molar refractivity (Wildman–Crippen MR) is 151 cm³/mol. The van der Waals surface area contributed by atoms with Gasteiger partial charge in [0.15, 0.2) is 0 Å². The van der Waals surface area contributed by atoms with Crippen molar-refractivity contribution in [1.82, 2.24) is 0 Å². The Hall–Kier alpha value is -1.99. The minimum atomic E-state index is -4.90. The third-order valence-electron chi connectivity index (χ3n) is 5.47. The molecule has 0 unspecified atom stereocenters. The van der Waals surface area contributed by atoms with Gasteiger partial charge in [0.1, 0.15) is 53.1 Å². The van der Waals surface area contributed by atoms with Crippen LogP contribution in [0.1, 0.15) is 0 Å². The molecule has 0 aliphatic heterocycles. The van der Waals surface area contributed by atoms with Crippen LogP contribution in [0.4, 0.5) is 45.5 Å². The summed E-state index contributed by atoms with van der Waals surface area (Å²) in [4.78, 5) is -1.59. The molecule has 0 aliphatic carbocycles. The van der Waals surface area contributed by atoms with Gasteiger partial charge >= 0.3 is 88.7 Å². The topological polar surface area (TPSA) is 298 Å². The molecule has 0 aliphatic rings. The number of rotatable bonds is 9. The second kappa shape index (κ2) is 17.6. The van der Waals surface area contributed by atoms with Gasteiger partial charge in [-0.25, -0.2) is 25.3 Å². The normalized spacial score (nSPS) is 12.1. The van der Waals surface area contributed by atoms with Crippen LogP contribution in [0, 0.1) is 0 Å². The van der Waals surface area contributed by atoms with Crippen molar-refractivity contribution in [1.29, 1.82) is 0 Å². The molecule has 0 aromatic heterocycles. The number of nitrogen functional groups attached to an aromatic ring is 2. The van der Waals surface area contributed by atoms with Crippen molar-refractivity contribution in [3.05, 3.63) is 78.9 Å². The molecule has 47 heavy (non-hydrogen) atoms. The molecule has 0 atom stereocenters. The van der Waals surface area contributed by atoms with Crippen LogP contribution in [0.15, 0.2) is 124 Å². The Bertz CT molecular complexity index is 2170. The molecule has 0 saturated carbocycles. The van der Waals surface area contributed by atoms with Crippen molar-refractivity contribution in [3.63, 3.8) is 0 Å². The minimum Gasteiger partial charge on any atom is -0.744 e. The minimum absolute atomic E-state index is 0. The van der Waals surface area contributed by atoms with Crippen LogP contribution in [0.2, 0.25) is 0 Å². The van der Waals surface area contributed by atoms with Crippen molar-refractivity contribution in [2.75, 3.05) is 11.5 Å². The Morgan fingerprint density at radius 3 is 1.15 bits per heavy atom. The van der Waals surface area contributed by atoms with E-state index < -0.39 is 45.0 Å². The van der Waals surface area contributed by atoms with E-state index >= 15 is 0 Å². The molecule has 4 aromatic rings.